The first-order valence-corrected chi connectivity index (χ1v) is 9.43. The molecule has 2 saturated heterocycles. The maximum Gasteiger partial charge on any atom is 0.173 e. The Morgan fingerprint density at radius 2 is 1.85 bits per heavy atom. The first-order valence-electron chi connectivity index (χ1n) is 9.02. The summed E-state index contributed by atoms with van der Waals surface area (Å²) >= 11 is 5.59. The molecule has 2 aliphatic heterocycles. The summed E-state index contributed by atoms with van der Waals surface area (Å²) in [5, 5.41) is 4.10. The largest absolute Gasteiger partial charge is 0.399 e. The summed E-state index contributed by atoms with van der Waals surface area (Å²) in [6.07, 6.45) is 10.6. The molecular weight excluding hydrogens is 344 g/mol. The molecule has 2 heterocycles. The molecule has 0 bridgehead atoms. The smallest absolute Gasteiger partial charge is 0.173 e. The van der Waals surface area contributed by atoms with Gasteiger partial charge in [0.2, 0.25) is 0 Å². The molecule has 0 radical (unpaired) electrons. The lowest BCUT2D eigenvalue weighted by atomic mass is 9.93. The quantitative estimate of drug-likeness (QED) is 0.617. The molecule has 3 aliphatic rings. The van der Waals surface area contributed by atoms with Crippen molar-refractivity contribution in [2.24, 2.45) is 5.92 Å². The number of piperazine rings is 1. The molecule has 0 amide bonds. The molecule has 3 N–H and O–H groups in total. The van der Waals surface area contributed by atoms with E-state index in [1.54, 1.807) is 0 Å². The van der Waals surface area contributed by atoms with Gasteiger partial charge in [0.1, 0.15) is 0 Å². The van der Waals surface area contributed by atoms with E-state index in [1.165, 1.54) is 11.3 Å². The van der Waals surface area contributed by atoms with Crippen molar-refractivity contribution in [2.45, 2.75) is 6.10 Å². The number of allylic oxidation sites excluding steroid dienone is 2. The van der Waals surface area contributed by atoms with Crippen LogP contribution in [0.25, 0.3) is 0 Å². The molecule has 0 saturated carbocycles. The number of nitrogens with one attached hydrogen (secondary N) is 1. The van der Waals surface area contributed by atoms with Crippen molar-refractivity contribution in [1.82, 2.24) is 10.2 Å². The van der Waals surface area contributed by atoms with Gasteiger partial charge in [-0.15, -0.1) is 0 Å². The summed E-state index contributed by atoms with van der Waals surface area (Å²) < 4.78 is 5.80. The van der Waals surface area contributed by atoms with Crippen LogP contribution in [0, 0.1) is 5.92 Å². The fourth-order valence-corrected chi connectivity index (χ4v) is 3.85. The van der Waals surface area contributed by atoms with Crippen LogP contribution in [0.1, 0.15) is 0 Å². The Morgan fingerprint density at radius 1 is 1.12 bits per heavy atom. The summed E-state index contributed by atoms with van der Waals surface area (Å²) in [5.74, 6) is 0.331. The van der Waals surface area contributed by atoms with Gasteiger partial charge < -0.3 is 25.6 Å². The lowest BCUT2D eigenvalue weighted by Gasteiger charge is -2.37. The number of fused-ring (bicyclic) bond motifs is 1. The highest BCUT2D eigenvalue weighted by Crippen LogP contribution is 2.30. The highest BCUT2D eigenvalue weighted by molar-refractivity contribution is 7.80. The van der Waals surface area contributed by atoms with Gasteiger partial charge in [-0.3, -0.25) is 0 Å². The zero-order valence-electron chi connectivity index (χ0n) is 14.7. The zero-order valence-corrected chi connectivity index (χ0v) is 15.5. The zero-order chi connectivity index (χ0) is 17.9. The molecule has 1 aromatic carbocycles. The van der Waals surface area contributed by atoms with E-state index in [2.05, 4.69) is 45.5 Å². The highest BCUT2D eigenvalue weighted by Gasteiger charge is 2.30. The lowest BCUT2D eigenvalue weighted by Crippen LogP contribution is -2.51. The van der Waals surface area contributed by atoms with Gasteiger partial charge in [-0.05, 0) is 42.1 Å². The van der Waals surface area contributed by atoms with Crippen LogP contribution < -0.4 is 16.0 Å². The molecule has 2 atom stereocenters. The third kappa shape index (κ3) is 3.61. The monoisotopic (exact) mass is 368 g/mol. The van der Waals surface area contributed by atoms with Crippen LogP contribution in [0.5, 0.6) is 0 Å². The maximum absolute atomic E-state index is 5.80. The van der Waals surface area contributed by atoms with E-state index >= 15 is 0 Å². The third-order valence-electron chi connectivity index (χ3n) is 5.16. The van der Waals surface area contributed by atoms with Crippen LogP contribution in [0.3, 0.4) is 0 Å². The van der Waals surface area contributed by atoms with Crippen molar-refractivity contribution in [3.05, 3.63) is 60.3 Å². The van der Waals surface area contributed by atoms with E-state index in [0.29, 0.717) is 12.5 Å². The van der Waals surface area contributed by atoms with Crippen molar-refractivity contribution < 1.29 is 4.74 Å². The van der Waals surface area contributed by atoms with Gasteiger partial charge in [0.05, 0.1) is 12.7 Å². The molecule has 1 aromatic rings. The Balaban J connectivity index is 1.30. The van der Waals surface area contributed by atoms with E-state index in [4.69, 9.17) is 22.7 Å². The van der Waals surface area contributed by atoms with Crippen molar-refractivity contribution in [2.75, 3.05) is 43.4 Å². The number of nitrogens with zero attached hydrogens (tertiary/aromatic N) is 2. The van der Waals surface area contributed by atoms with Gasteiger partial charge in [0.25, 0.3) is 0 Å². The van der Waals surface area contributed by atoms with Crippen molar-refractivity contribution in [1.29, 1.82) is 0 Å². The Bertz CT molecular complexity index is 748. The lowest BCUT2D eigenvalue weighted by molar-refractivity contribution is 0.136. The summed E-state index contributed by atoms with van der Waals surface area (Å²) in [6, 6.07) is 8.06. The second-order valence-electron chi connectivity index (χ2n) is 6.81. The van der Waals surface area contributed by atoms with Crippen LogP contribution in [0.4, 0.5) is 11.4 Å². The Labute approximate surface area is 159 Å². The fraction of sp³-hybridized carbons (Fsp3) is 0.350. The maximum atomic E-state index is 5.80. The standard InChI is InChI=1S/C20H24N4OS/c21-16-5-7-17(8-6-16)23-9-11-24(12-10-23)20(26)22-13-15-14-25-19-4-2-1-3-18(15)19/h1-8,13,18-19H,9-12,14,21H2,(H,22,26)/b15-13-. The number of hydrogen-bond donors (Lipinski definition) is 2. The number of hydrogen-bond acceptors (Lipinski definition) is 4. The molecule has 2 fully saturated rings. The first-order chi connectivity index (χ1) is 12.7. The molecule has 2 unspecified atom stereocenters. The molecule has 136 valence electrons. The number of nitrogen functional groups attached to an aromatic ring is 1. The third-order valence-corrected chi connectivity index (χ3v) is 5.54. The second kappa shape index (κ2) is 7.51. The average molecular weight is 369 g/mol. The van der Waals surface area contributed by atoms with Crippen LogP contribution in [0.2, 0.25) is 0 Å². The van der Waals surface area contributed by atoms with Gasteiger partial charge in [0.15, 0.2) is 5.11 Å². The Kier molecular flexibility index (Phi) is 4.95. The van der Waals surface area contributed by atoms with E-state index in [9.17, 15) is 0 Å². The van der Waals surface area contributed by atoms with Crippen molar-refractivity contribution in [3.8, 4) is 0 Å². The predicted molar refractivity (Wildman–Crippen MR) is 110 cm³/mol. The van der Waals surface area contributed by atoms with Crippen LogP contribution in [0.15, 0.2) is 60.3 Å². The van der Waals surface area contributed by atoms with Crippen LogP contribution in [-0.4, -0.2) is 48.9 Å². The Morgan fingerprint density at radius 3 is 2.62 bits per heavy atom. The van der Waals surface area contributed by atoms with Crippen molar-refractivity contribution in [3.63, 3.8) is 0 Å². The Hall–Kier alpha value is -2.31. The number of rotatable bonds is 2. The number of benzene rings is 1. The van der Waals surface area contributed by atoms with E-state index in [-0.39, 0.29) is 6.10 Å². The van der Waals surface area contributed by atoms with Gasteiger partial charge in [-0.25, -0.2) is 0 Å². The second-order valence-corrected chi connectivity index (χ2v) is 7.19. The van der Waals surface area contributed by atoms with E-state index in [0.717, 1.165) is 37.0 Å². The highest BCUT2D eigenvalue weighted by atomic mass is 32.1. The van der Waals surface area contributed by atoms with Crippen LogP contribution in [-0.2, 0) is 4.74 Å². The van der Waals surface area contributed by atoms with E-state index < -0.39 is 0 Å². The molecule has 0 aromatic heterocycles. The number of anilines is 2. The number of ether oxygens (including phenoxy) is 1. The minimum atomic E-state index is 0.171. The molecular formula is C20H24N4OS. The molecule has 26 heavy (non-hydrogen) atoms. The first kappa shape index (κ1) is 17.1. The fourth-order valence-electron chi connectivity index (χ4n) is 3.61. The number of thiocarbonyl (C=S) groups is 1. The summed E-state index contributed by atoms with van der Waals surface area (Å²) in [5.41, 5.74) is 9.03. The predicted octanol–water partition coefficient (Wildman–Crippen LogP) is 2.29. The van der Waals surface area contributed by atoms with Gasteiger partial charge >= 0.3 is 0 Å². The SMILES string of the molecule is Nc1ccc(N2CCN(C(=S)N/C=C3/COC4C=CC=CC34)CC2)cc1. The normalized spacial score (nSPS) is 26.2. The molecule has 0 spiro atoms. The summed E-state index contributed by atoms with van der Waals surface area (Å²) in [7, 11) is 0. The summed E-state index contributed by atoms with van der Waals surface area (Å²) in [6.45, 7) is 4.37. The van der Waals surface area contributed by atoms with Gasteiger partial charge in [-0.1, -0.05) is 24.3 Å². The number of nitrogens with two attached hydrogens (primary N) is 1. The molecule has 1 aliphatic carbocycles. The topological polar surface area (TPSA) is 53.8 Å². The van der Waals surface area contributed by atoms with Crippen molar-refractivity contribution >= 4 is 28.7 Å². The molecule has 4 rings (SSSR count). The summed E-state index contributed by atoms with van der Waals surface area (Å²) in [4.78, 5) is 4.59. The van der Waals surface area contributed by atoms with Crippen LogP contribution >= 0.6 is 12.2 Å². The minimum absolute atomic E-state index is 0.171. The molecule has 5 nitrogen and oxygen atoms in total. The average Bonchev–Trinajstić information content (AvgIpc) is 3.10. The molecule has 6 heteroatoms. The van der Waals surface area contributed by atoms with E-state index in [1.807, 2.05) is 24.4 Å². The van der Waals surface area contributed by atoms with Gasteiger partial charge in [-0.2, -0.15) is 0 Å². The minimum Gasteiger partial charge on any atom is -0.399 e. The van der Waals surface area contributed by atoms with Gasteiger partial charge in [0, 0.05) is 49.7 Å².